The van der Waals surface area contributed by atoms with Crippen molar-refractivity contribution in [1.82, 2.24) is 0 Å². The van der Waals surface area contributed by atoms with Crippen LogP contribution in [-0.4, -0.2) is 19.4 Å². The topological polar surface area (TPSA) is 44.1 Å². The second-order valence-corrected chi connectivity index (χ2v) is 6.04. The fraction of sp³-hybridized carbons (Fsp3) is 0.158. The molecule has 2 aromatic rings. The number of allylic oxidation sites excluding steroid dienone is 1. The molecule has 23 heavy (non-hydrogen) atoms. The third-order valence-corrected chi connectivity index (χ3v) is 3.98. The first-order chi connectivity index (χ1) is 11.1. The van der Waals surface area contributed by atoms with Crippen LogP contribution in [0.4, 0.5) is 5.69 Å². The Hall–Kier alpha value is -2.38. The van der Waals surface area contributed by atoms with Crippen LogP contribution < -0.4 is 4.90 Å². The minimum absolute atomic E-state index is 0.0206. The van der Waals surface area contributed by atoms with Crippen LogP contribution in [0.1, 0.15) is 22.3 Å². The molecule has 116 valence electrons. The van der Waals surface area contributed by atoms with Crippen LogP contribution in [0.15, 0.2) is 59.1 Å². The maximum atomic E-state index is 12.1. The van der Waals surface area contributed by atoms with Crippen LogP contribution in [0.3, 0.4) is 0 Å². The van der Waals surface area contributed by atoms with Crippen molar-refractivity contribution in [2.45, 2.75) is 6.42 Å². The molecule has 0 aromatic heterocycles. The van der Waals surface area contributed by atoms with Crippen LogP contribution in [0.25, 0.3) is 6.08 Å². The summed E-state index contributed by atoms with van der Waals surface area (Å²) in [6, 6.07) is 17.3. The lowest BCUT2D eigenvalue weighted by Gasteiger charge is -2.17. The van der Waals surface area contributed by atoms with E-state index in [-0.39, 0.29) is 5.78 Å². The predicted molar refractivity (Wildman–Crippen MR) is 97.4 cm³/mol. The predicted octanol–water partition coefficient (Wildman–Crippen LogP) is 4.70. The van der Waals surface area contributed by atoms with Gasteiger partial charge in [0.05, 0.1) is 12.5 Å². The molecule has 0 amide bonds. The summed E-state index contributed by atoms with van der Waals surface area (Å²) >= 11 is 3.35. The Labute approximate surface area is 145 Å². The van der Waals surface area contributed by atoms with Crippen molar-refractivity contribution < 1.29 is 4.79 Å². The number of nitrogens with zero attached hydrogens (tertiary/aromatic N) is 2. The van der Waals surface area contributed by atoms with Crippen LogP contribution in [-0.2, 0) is 0 Å². The third kappa shape index (κ3) is 5.08. The van der Waals surface area contributed by atoms with Crippen molar-refractivity contribution >= 4 is 33.5 Å². The molecule has 0 atom stereocenters. The Morgan fingerprint density at radius 3 is 2.43 bits per heavy atom. The second kappa shape index (κ2) is 8.30. The number of carbonyl (C=O) groups excluding carboxylic acids is 1. The molecule has 0 radical (unpaired) electrons. The van der Waals surface area contributed by atoms with Gasteiger partial charge in [-0.2, -0.15) is 5.26 Å². The molecule has 0 fully saturated rings. The van der Waals surface area contributed by atoms with E-state index in [1.165, 1.54) is 0 Å². The number of rotatable bonds is 6. The summed E-state index contributed by atoms with van der Waals surface area (Å²) in [5.41, 5.74) is 2.68. The Bertz CT molecular complexity index is 727. The number of hydrogen-bond acceptors (Lipinski definition) is 3. The van der Waals surface area contributed by atoms with Crippen LogP contribution in [0, 0.1) is 11.3 Å². The monoisotopic (exact) mass is 368 g/mol. The van der Waals surface area contributed by atoms with Gasteiger partial charge < -0.3 is 4.90 Å². The number of ketones is 1. The van der Waals surface area contributed by atoms with Gasteiger partial charge in [-0.1, -0.05) is 34.1 Å². The smallest absolute Gasteiger partial charge is 0.185 e. The zero-order valence-electron chi connectivity index (χ0n) is 12.9. The fourth-order valence-corrected chi connectivity index (χ4v) is 2.33. The highest BCUT2D eigenvalue weighted by molar-refractivity contribution is 9.10. The second-order valence-electron chi connectivity index (χ2n) is 5.13. The molecule has 0 heterocycles. The number of anilines is 1. The maximum Gasteiger partial charge on any atom is 0.185 e. The molecule has 0 aliphatic carbocycles. The van der Waals surface area contributed by atoms with E-state index in [1.54, 1.807) is 18.2 Å². The highest BCUT2D eigenvalue weighted by Gasteiger charge is 2.02. The molecule has 0 saturated carbocycles. The summed E-state index contributed by atoms with van der Waals surface area (Å²) in [5, 5.41) is 8.62. The number of hydrogen-bond donors (Lipinski definition) is 0. The number of nitriles is 1. The Kier molecular flexibility index (Phi) is 6.13. The normalized spacial score (nSPS) is 10.5. The molecule has 0 aliphatic rings. The molecular weight excluding hydrogens is 352 g/mol. The van der Waals surface area contributed by atoms with Crippen LogP contribution in [0.2, 0.25) is 0 Å². The van der Waals surface area contributed by atoms with Gasteiger partial charge in [-0.3, -0.25) is 4.79 Å². The minimum Gasteiger partial charge on any atom is -0.374 e. The number of benzene rings is 2. The SMILES string of the molecule is CN(CCC#N)c1ccc(/C=C/C(=O)c2ccc(Br)cc2)cc1. The molecule has 2 aromatic carbocycles. The van der Waals surface area contributed by atoms with E-state index in [2.05, 4.69) is 22.0 Å². The van der Waals surface area contributed by atoms with Gasteiger partial charge in [0.2, 0.25) is 0 Å². The average Bonchev–Trinajstić information content (AvgIpc) is 2.58. The van der Waals surface area contributed by atoms with Gasteiger partial charge >= 0.3 is 0 Å². The summed E-state index contributed by atoms with van der Waals surface area (Å²) in [5.74, 6) is -0.0206. The Balaban J connectivity index is 2.01. The molecule has 2 rings (SSSR count). The van der Waals surface area contributed by atoms with E-state index in [9.17, 15) is 4.79 Å². The highest BCUT2D eigenvalue weighted by atomic mass is 79.9. The van der Waals surface area contributed by atoms with Crippen molar-refractivity contribution in [3.8, 4) is 6.07 Å². The zero-order valence-corrected chi connectivity index (χ0v) is 14.5. The first-order valence-electron chi connectivity index (χ1n) is 7.26. The molecule has 3 nitrogen and oxygen atoms in total. The van der Waals surface area contributed by atoms with Crippen molar-refractivity contribution in [3.63, 3.8) is 0 Å². The van der Waals surface area contributed by atoms with Gasteiger partial charge in [0.1, 0.15) is 0 Å². The molecule has 0 bridgehead atoms. The lowest BCUT2D eigenvalue weighted by molar-refractivity contribution is 0.104. The molecule has 0 saturated heterocycles. The van der Waals surface area contributed by atoms with Crippen molar-refractivity contribution in [2.24, 2.45) is 0 Å². The fourth-order valence-electron chi connectivity index (χ4n) is 2.07. The molecule has 0 unspecified atom stereocenters. The highest BCUT2D eigenvalue weighted by Crippen LogP contribution is 2.16. The van der Waals surface area contributed by atoms with Crippen molar-refractivity contribution in [3.05, 3.63) is 70.2 Å². The standard InChI is InChI=1S/C19H17BrN2O/c1-22(14-2-13-21)18-10-3-15(4-11-18)5-12-19(23)16-6-8-17(20)9-7-16/h3-12H,2,14H2,1H3/b12-5+. The molecule has 0 aliphatic heterocycles. The quantitative estimate of drug-likeness (QED) is 0.548. The largest absolute Gasteiger partial charge is 0.374 e. The minimum atomic E-state index is -0.0206. The number of halogens is 1. The summed E-state index contributed by atoms with van der Waals surface area (Å²) in [7, 11) is 1.96. The lowest BCUT2D eigenvalue weighted by Crippen LogP contribution is -2.17. The van der Waals surface area contributed by atoms with E-state index in [1.807, 2.05) is 54.4 Å². The van der Waals surface area contributed by atoms with Gasteiger partial charge in [-0.05, 0) is 48.0 Å². The molecule has 0 N–H and O–H groups in total. The first kappa shape index (κ1) is 17.0. The van der Waals surface area contributed by atoms with E-state index in [0.717, 1.165) is 15.7 Å². The van der Waals surface area contributed by atoms with E-state index in [4.69, 9.17) is 5.26 Å². The molecule has 4 heteroatoms. The molecule has 0 spiro atoms. The summed E-state index contributed by atoms with van der Waals surface area (Å²) in [6.07, 6.45) is 3.89. The van der Waals surface area contributed by atoms with E-state index in [0.29, 0.717) is 18.5 Å². The average molecular weight is 369 g/mol. The van der Waals surface area contributed by atoms with Crippen LogP contribution in [0.5, 0.6) is 0 Å². The Morgan fingerprint density at radius 1 is 1.17 bits per heavy atom. The van der Waals surface area contributed by atoms with Gasteiger partial charge in [0.25, 0.3) is 0 Å². The summed E-state index contributed by atoms with van der Waals surface area (Å²) < 4.78 is 0.953. The summed E-state index contributed by atoms with van der Waals surface area (Å²) in [6.45, 7) is 0.702. The summed E-state index contributed by atoms with van der Waals surface area (Å²) in [4.78, 5) is 14.1. The third-order valence-electron chi connectivity index (χ3n) is 3.45. The maximum absolute atomic E-state index is 12.1. The van der Waals surface area contributed by atoms with Crippen LogP contribution >= 0.6 is 15.9 Å². The number of carbonyl (C=O) groups is 1. The first-order valence-corrected chi connectivity index (χ1v) is 8.05. The lowest BCUT2D eigenvalue weighted by atomic mass is 10.1. The van der Waals surface area contributed by atoms with E-state index >= 15 is 0 Å². The van der Waals surface area contributed by atoms with Crippen molar-refractivity contribution in [1.29, 1.82) is 5.26 Å². The van der Waals surface area contributed by atoms with E-state index < -0.39 is 0 Å². The van der Waals surface area contributed by atoms with Gasteiger partial charge in [0, 0.05) is 29.3 Å². The van der Waals surface area contributed by atoms with Gasteiger partial charge in [-0.15, -0.1) is 0 Å². The van der Waals surface area contributed by atoms with Crippen molar-refractivity contribution in [2.75, 3.05) is 18.5 Å². The van der Waals surface area contributed by atoms with Gasteiger partial charge in [-0.25, -0.2) is 0 Å². The Morgan fingerprint density at radius 2 is 1.83 bits per heavy atom. The van der Waals surface area contributed by atoms with Gasteiger partial charge in [0.15, 0.2) is 5.78 Å². The zero-order chi connectivity index (χ0) is 16.7. The molecular formula is C19H17BrN2O.